The van der Waals surface area contributed by atoms with Gasteiger partial charge >= 0.3 is 0 Å². The lowest BCUT2D eigenvalue weighted by molar-refractivity contribution is -0.118. The highest BCUT2D eigenvalue weighted by Crippen LogP contribution is 2.31. The Balaban J connectivity index is 2.20. The van der Waals surface area contributed by atoms with Gasteiger partial charge in [-0.3, -0.25) is 4.79 Å². The van der Waals surface area contributed by atoms with Gasteiger partial charge in [-0.1, -0.05) is 0 Å². The Hall–Kier alpha value is -0.620. The predicted octanol–water partition coefficient (Wildman–Crippen LogP) is -1.12. The minimum Gasteiger partial charge on any atom is -0.354 e. The molecule has 0 radical (unpaired) electrons. The van der Waals surface area contributed by atoms with E-state index in [1.807, 2.05) is 0 Å². The van der Waals surface area contributed by atoms with E-state index in [0.717, 1.165) is 19.1 Å². The third-order valence-corrected chi connectivity index (χ3v) is 2.94. The zero-order valence-corrected chi connectivity index (χ0v) is 9.01. The molecule has 0 heterocycles. The van der Waals surface area contributed by atoms with E-state index in [-0.39, 0.29) is 6.04 Å². The summed E-state index contributed by atoms with van der Waals surface area (Å²) in [6, 6.07) is -0.0292. The zero-order chi connectivity index (χ0) is 10.8. The normalized spacial score (nSPS) is 19.0. The van der Waals surface area contributed by atoms with Crippen LogP contribution in [0.15, 0.2) is 0 Å². The second-order valence-electron chi connectivity index (χ2n) is 3.88. The first-order valence-electron chi connectivity index (χ1n) is 4.58. The lowest BCUT2D eigenvalue weighted by Crippen LogP contribution is -2.40. The van der Waals surface area contributed by atoms with Gasteiger partial charge in [0, 0.05) is 18.8 Å². The minimum atomic E-state index is -3.23. The monoisotopic (exact) mass is 220 g/mol. The summed E-state index contributed by atoms with van der Waals surface area (Å²) in [5.74, 6) is -0.415. The number of hydrogen-bond donors (Lipinski definition) is 2. The van der Waals surface area contributed by atoms with E-state index < -0.39 is 21.5 Å². The van der Waals surface area contributed by atoms with Gasteiger partial charge in [0.05, 0.1) is 0 Å². The van der Waals surface area contributed by atoms with Crippen LogP contribution in [0.25, 0.3) is 0 Å². The van der Waals surface area contributed by atoms with E-state index in [4.69, 9.17) is 5.73 Å². The van der Waals surface area contributed by atoms with Crippen molar-refractivity contribution in [1.29, 1.82) is 0 Å². The average molecular weight is 220 g/mol. The molecule has 3 N–H and O–H groups in total. The van der Waals surface area contributed by atoms with Crippen LogP contribution in [0.4, 0.5) is 0 Å². The van der Waals surface area contributed by atoms with Gasteiger partial charge in [0.1, 0.15) is 5.75 Å². The van der Waals surface area contributed by atoms with E-state index in [9.17, 15) is 13.2 Å². The summed E-state index contributed by atoms with van der Waals surface area (Å²) >= 11 is 0. The van der Waals surface area contributed by atoms with Gasteiger partial charge in [0.15, 0.2) is 9.84 Å². The van der Waals surface area contributed by atoms with Crippen LogP contribution in [0, 0.1) is 5.92 Å². The van der Waals surface area contributed by atoms with Crippen molar-refractivity contribution in [2.45, 2.75) is 18.9 Å². The maximum Gasteiger partial charge on any atom is 0.235 e. The largest absolute Gasteiger partial charge is 0.354 e. The molecule has 0 aliphatic heterocycles. The van der Waals surface area contributed by atoms with Gasteiger partial charge in [0.2, 0.25) is 5.91 Å². The Morgan fingerprint density at radius 1 is 1.57 bits per heavy atom. The molecule has 1 fully saturated rings. The summed E-state index contributed by atoms with van der Waals surface area (Å²) < 4.78 is 21.5. The van der Waals surface area contributed by atoms with Crippen molar-refractivity contribution in [2.75, 3.05) is 18.6 Å². The molecular formula is C8H16N2O3S. The van der Waals surface area contributed by atoms with Gasteiger partial charge in [-0.25, -0.2) is 8.42 Å². The Labute approximate surface area is 84.0 Å². The molecule has 1 aliphatic rings. The van der Waals surface area contributed by atoms with Crippen LogP contribution in [0.3, 0.4) is 0 Å². The molecule has 0 saturated heterocycles. The molecule has 1 rings (SSSR count). The van der Waals surface area contributed by atoms with Crippen molar-refractivity contribution in [3.05, 3.63) is 0 Å². The third kappa shape index (κ3) is 4.57. The molecule has 14 heavy (non-hydrogen) atoms. The zero-order valence-electron chi connectivity index (χ0n) is 8.19. The van der Waals surface area contributed by atoms with Gasteiger partial charge in [-0.2, -0.15) is 0 Å². The SMILES string of the molecule is CS(=O)(=O)CC(=O)NCC(N)C1CC1. The van der Waals surface area contributed by atoms with Gasteiger partial charge in [-0.05, 0) is 18.8 Å². The van der Waals surface area contributed by atoms with Crippen molar-refractivity contribution in [3.8, 4) is 0 Å². The molecule has 1 unspecified atom stereocenters. The van der Waals surface area contributed by atoms with Crippen LogP contribution >= 0.6 is 0 Å². The molecule has 0 spiro atoms. The van der Waals surface area contributed by atoms with Crippen molar-refractivity contribution in [3.63, 3.8) is 0 Å². The van der Waals surface area contributed by atoms with Gasteiger partial charge < -0.3 is 11.1 Å². The first-order valence-corrected chi connectivity index (χ1v) is 6.64. The van der Waals surface area contributed by atoms with Crippen molar-refractivity contribution in [1.82, 2.24) is 5.32 Å². The molecule has 0 aromatic rings. The molecule has 1 atom stereocenters. The quantitative estimate of drug-likeness (QED) is 0.614. The molecule has 0 aromatic heterocycles. The fourth-order valence-electron chi connectivity index (χ4n) is 1.21. The maximum absolute atomic E-state index is 11.1. The standard InChI is InChI=1S/C8H16N2O3S/c1-14(12,13)5-8(11)10-4-7(9)6-2-3-6/h6-7H,2-5,9H2,1H3,(H,10,11). The molecule has 5 nitrogen and oxygen atoms in total. The summed E-state index contributed by atoms with van der Waals surface area (Å²) in [5, 5.41) is 2.52. The molecule has 82 valence electrons. The molecule has 0 aromatic carbocycles. The van der Waals surface area contributed by atoms with Crippen molar-refractivity contribution in [2.24, 2.45) is 11.7 Å². The molecule has 6 heteroatoms. The lowest BCUT2D eigenvalue weighted by atomic mass is 10.2. The molecule has 1 saturated carbocycles. The van der Waals surface area contributed by atoms with Crippen LogP contribution in [-0.4, -0.2) is 38.9 Å². The number of hydrogen-bond acceptors (Lipinski definition) is 4. The Bertz CT molecular complexity index is 309. The maximum atomic E-state index is 11.1. The van der Waals surface area contributed by atoms with Gasteiger partial charge in [0.25, 0.3) is 0 Å². The topological polar surface area (TPSA) is 89.3 Å². The number of carbonyl (C=O) groups excluding carboxylic acids is 1. The number of nitrogens with two attached hydrogens (primary N) is 1. The number of carbonyl (C=O) groups is 1. The van der Waals surface area contributed by atoms with Crippen LogP contribution in [0.2, 0.25) is 0 Å². The first-order chi connectivity index (χ1) is 6.38. The summed E-state index contributed by atoms with van der Waals surface area (Å²) in [6.07, 6.45) is 3.26. The highest BCUT2D eigenvalue weighted by Gasteiger charge is 2.28. The Morgan fingerprint density at radius 3 is 2.57 bits per heavy atom. The van der Waals surface area contributed by atoms with E-state index in [0.29, 0.717) is 12.5 Å². The lowest BCUT2D eigenvalue weighted by Gasteiger charge is -2.10. The van der Waals surface area contributed by atoms with E-state index in [1.54, 1.807) is 0 Å². The van der Waals surface area contributed by atoms with E-state index in [2.05, 4.69) is 5.32 Å². The Kier molecular flexibility index (Phi) is 3.49. The van der Waals surface area contributed by atoms with Crippen LogP contribution in [0.5, 0.6) is 0 Å². The second-order valence-corrected chi connectivity index (χ2v) is 6.02. The predicted molar refractivity (Wildman–Crippen MR) is 53.4 cm³/mol. The van der Waals surface area contributed by atoms with E-state index in [1.165, 1.54) is 0 Å². The Morgan fingerprint density at radius 2 is 2.14 bits per heavy atom. The fraction of sp³-hybridized carbons (Fsp3) is 0.875. The summed E-state index contributed by atoms with van der Waals surface area (Å²) in [4.78, 5) is 11.1. The third-order valence-electron chi connectivity index (χ3n) is 2.16. The first kappa shape index (κ1) is 11.5. The van der Waals surface area contributed by atoms with Gasteiger partial charge in [-0.15, -0.1) is 0 Å². The van der Waals surface area contributed by atoms with E-state index >= 15 is 0 Å². The number of nitrogens with one attached hydrogen (secondary N) is 1. The molecule has 0 bridgehead atoms. The second kappa shape index (κ2) is 4.27. The highest BCUT2D eigenvalue weighted by molar-refractivity contribution is 7.91. The van der Waals surface area contributed by atoms with Crippen molar-refractivity contribution >= 4 is 15.7 Å². The molecule has 1 aliphatic carbocycles. The molecule has 1 amide bonds. The number of amides is 1. The fourth-order valence-corrected chi connectivity index (χ4v) is 1.79. The minimum absolute atomic E-state index is 0.0292. The summed E-state index contributed by atoms with van der Waals surface area (Å²) in [6.45, 7) is 0.374. The number of rotatable bonds is 5. The van der Waals surface area contributed by atoms with Crippen LogP contribution in [-0.2, 0) is 14.6 Å². The smallest absolute Gasteiger partial charge is 0.235 e. The molecular weight excluding hydrogens is 204 g/mol. The number of sulfone groups is 1. The highest BCUT2D eigenvalue weighted by atomic mass is 32.2. The van der Waals surface area contributed by atoms with Crippen LogP contribution in [0.1, 0.15) is 12.8 Å². The van der Waals surface area contributed by atoms with Crippen molar-refractivity contribution < 1.29 is 13.2 Å². The summed E-state index contributed by atoms with van der Waals surface area (Å²) in [7, 11) is -3.23. The average Bonchev–Trinajstić information content (AvgIpc) is 2.78. The summed E-state index contributed by atoms with van der Waals surface area (Å²) in [5.41, 5.74) is 5.73. The van der Waals surface area contributed by atoms with Crippen LogP contribution < -0.4 is 11.1 Å².